The number of nitrogen functional groups attached to an aromatic ring is 1. The first-order chi connectivity index (χ1) is 9.78. The molecule has 0 aromatic heterocycles. The third-order valence-corrected chi connectivity index (χ3v) is 3.51. The standard InChI is InChI=1S/C14H17N3O4/c1-14(2)13(20)16-10(18)7-17(14)12(19)8-5-4-6-9(15)11(8)21-3/h4-6H,7,15H2,1-3H3,(H,16,18,20). The number of carbonyl (C=O) groups is 3. The summed E-state index contributed by atoms with van der Waals surface area (Å²) in [5.74, 6) is -1.28. The molecule has 1 aliphatic heterocycles. The van der Waals surface area contributed by atoms with Gasteiger partial charge in [-0.2, -0.15) is 0 Å². The number of hydrogen-bond acceptors (Lipinski definition) is 5. The molecular weight excluding hydrogens is 274 g/mol. The maximum absolute atomic E-state index is 12.7. The van der Waals surface area contributed by atoms with Crippen LogP contribution in [-0.2, 0) is 9.59 Å². The minimum absolute atomic E-state index is 0.199. The molecule has 0 radical (unpaired) electrons. The maximum atomic E-state index is 12.7. The lowest BCUT2D eigenvalue weighted by Crippen LogP contribution is -2.65. The first kappa shape index (κ1) is 14.8. The fourth-order valence-corrected chi connectivity index (χ4v) is 2.21. The molecule has 0 atom stereocenters. The average Bonchev–Trinajstić information content (AvgIpc) is 2.42. The van der Waals surface area contributed by atoms with Crippen molar-refractivity contribution in [1.82, 2.24) is 10.2 Å². The Kier molecular flexibility index (Phi) is 3.59. The van der Waals surface area contributed by atoms with Gasteiger partial charge >= 0.3 is 0 Å². The third kappa shape index (κ3) is 2.42. The normalized spacial score (nSPS) is 17.4. The van der Waals surface area contributed by atoms with Gasteiger partial charge in [-0.1, -0.05) is 6.07 Å². The van der Waals surface area contributed by atoms with Gasteiger partial charge in [-0.05, 0) is 26.0 Å². The number of methoxy groups -OCH3 is 1. The van der Waals surface area contributed by atoms with E-state index in [9.17, 15) is 14.4 Å². The molecule has 3 amide bonds. The summed E-state index contributed by atoms with van der Waals surface area (Å²) in [4.78, 5) is 37.4. The van der Waals surface area contributed by atoms with Gasteiger partial charge in [0.2, 0.25) is 5.91 Å². The van der Waals surface area contributed by atoms with E-state index in [4.69, 9.17) is 10.5 Å². The van der Waals surface area contributed by atoms with E-state index in [2.05, 4.69) is 5.32 Å². The smallest absolute Gasteiger partial charge is 0.259 e. The van der Waals surface area contributed by atoms with Crippen LogP contribution in [0, 0.1) is 0 Å². The van der Waals surface area contributed by atoms with Crippen molar-refractivity contribution in [3.05, 3.63) is 23.8 Å². The van der Waals surface area contributed by atoms with Gasteiger partial charge in [0.1, 0.15) is 12.1 Å². The number of ether oxygens (including phenoxy) is 1. The van der Waals surface area contributed by atoms with Gasteiger partial charge in [0.05, 0.1) is 18.4 Å². The number of benzene rings is 1. The van der Waals surface area contributed by atoms with Crippen LogP contribution in [0.3, 0.4) is 0 Å². The molecule has 0 aliphatic carbocycles. The Morgan fingerprint density at radius 3 is 2.67 bits per heavy atom. The van der Waals surface area contributed by atoms with E-state index in [0.717, 1.165) is 0 Å². The first-order valence-corrected chi connectivity index (χ1v) is 6.37. The summed E-state index contributed by atoms with van der Waals surface area (Å²) in [6, 6.07) is 4.77. The van der Waals surface area contributed by atoms with Crippen LogP contribution >= 0.6 is 0 Å². The van der Waals surface area contributed by atoms with E-state index in [0.29, 0.717) is 5.69 Å². The molecule has 1 aromatic rings. The van der Waals surface area contributed by atoms with Crippen LogP contribution in [0.4, 0.5) is 5.69 Å². The molecule has 1 saturated heterocycles. The van der Waals surface area contributed by atoms with Gasteiger partial charge in [-0.15, -0.1) is 0 Å². The van der Waals surface area contributed by atoms with Crippen molar-refractivity contribution in [3.63, 3.8) is 0 Å². The summed E-state index contributed by atoms with van der Waals surface area (Å²) in [5, 5.41) is 2.22. The molecule has 1 aromatic carbocycles. The van der Waals surface area contributed by atoms with Gasteiger partial charge in [-0.25, -0.2) is 0 Å². The fourth-order valence-electron chi connectivity index (χ4n) is 2.21. The van der Waals surface area contributed by atoms with Crippen LogP contribution < -0.4 is 15.8 Å². The Labute approximate surface area is 122 Å². The highest BCUT2D eigenvalue weighted by Gasteiger charge is 2.44. The Morgan fingerprint density at radius 2 is 2.05 bits per heavy atom. The summed E-state index contributed by atoms with van der Waals surface area (Å²) in [5.41, 5.74) is 5.17. The van der Waals surface area contributed by atoms with Gasteiger partial charge in [0, 0.05) is 0 Å². The topological polar surface area (TPSA) is 102 Å². The van der Waals surface area contributed by atoms with E-state index in [1.165, 1.54) is 12.0 Å². The van der Waals surface area contributed by atoms with Crippen LogP contribution in [0.5, 0.6) is 5.75 Å². The lowest BCUT2D eigenvalue weighted by Gasteiger charge is -2.40. The van der Waals surface area contributed by atoms with E-state index in [1.807, 2.05) is 0 Å². The van der Waals surface area contributed by atoms with Crippen molar-refractivity contribution < 1.29 is 19.1 Å². The van der Waals surface area contributed by atoms with Crippen molar-refractivity contribution in [2.75, 3.05) is 19.4 Å². The second-order valence-electron chi connectivity index (χ2n) is 5.26. The number of carbonyl (C=O) groups excluding carboxylic acids is 3. The van der Waals surface area contributed by atoms with Crippen LogP contribution in [0.25, 0.3) is 0 Å². The van der Waals surface area contributed by atoms with E-state index in [-0.39, 0.29) is 17.9 Å². The molecule has 3 N–H and O–H groups in total. The molecular formula is C14H17N3O4. The number of amides is 3. The van der Waals surface area contributed by atoms with Gasteiger partial charge in [0.15, 0.2) is 5.75 Å². The van der Waals surface area contributed by atoms with Gasteiger partial charge < -0.3 is 15.4 Å². The number of nitrogens with zero attached hydrogens (tertiary/aromatic N) is 1. The minimum atomic E-state index is -1.14. The molecule has 21 heavy (non-hydrogen) atoms. The van der Waals surface area contributed by atoms with Crippen molar-refractivity contribution in [3.8, 4) is 5.75 Å². The molecule has 0 unspecified atom stereocenters. The number of anilines is 1. The predicted octanol–water partition coefficient (Wildman–Crippen LogP) is 0.155. The third-order valence-electron chi connectivity index (χ3n) is 3.51. The number of piperazine rings is 1. The molecule has 1 aliphatic rings. The molecule has 112 valence electrons. The molecule has 0 spiro atoms. The monoisotopic (exact) mass is 291 g/mol. The molecule has 1 fully saturated rings. The number of nitrogens with two attached hydrogens (primary N) is 1. The van der Waals surface area contributed by atoms with E-state index in [1.54, 1.807) is 32.0 Å². The molecule has 7 nitrogen and oxygen atoms in total. The van der Waals surface area contributed by atoms with E-state index >= 15 is 0 Å². The van der Waals surface area contributed by atoms with Crippen LogP contribution in [-0.4, -0.2) is 41.8 Å². The largest absolute Gasteiger partial charge is 0.494 e. The SMILES string of the molecule is COc1c(N)cccc1C(=O)N1CC(=O)NC(=O)C1(C)C. The lowest BCUT2D eigenvalue weighted by atomic mass is 9.97. The Morgan fingerprint density at radius 1 is 1.38 bits per heavy atom. The fraction of sp³-hybridized carbons (Fsp3) is 0.357. The molecule has 2 rings (SSSR count). The Hall–Kier alpha value is -2.57. The zero-order valence-corrected chi connectivity index (χ0v) is 12.1. The number of nitrogens with one attached hydrogen (secondary N) is 1. The Balaban J connectivity index is 2.46. The average molecular weight is 291 g/mol. The summed E-state index contributed by atoms with van der Waals surface area (Å²) in [7, 11) is 1.40. The number of imide groups is 1. The van der Waals surface area contributed by atoms with Crippen molar-refractivity contribution in [2.45, 2.75) is 19.4 Å². The number of rotatable bonds is 2. The molecule has 0 saturated carbocycles. The zero-order valence-electron chi connectivity index (χ0n) is 12.1. The van der Waals surface area contributed by atoms with Gasteiger partial charge in [0.25, 0.3) is 11.8 Å². The summed E-state index contributed by atoms with van der Waals surface area (Å²) >= 11 is 0. The van der Waals surface area contributed by atoms with Crippen molar-refractivity contribution in [2.24, 2.45) is 0 Å². The predicted molar refractivity (Wildman–Crippen MR) is 75.7 cm³/mol. The highest BCUT2D eigenvalue weighted by molar-refractivity contribution is 6.09. The minimum Gasteiger partial charge on any atom is -0.494 e. The lowest BCUT2D eigenvalue weighted by molar-refractivity contribution is -0.143. The Bertz CT molecular complexity index is 625. The second-order valence-corrected chi connectivity index (χ2v) is 5.26. The quantitative estimate of drug-likeness (QED) is 0.597. The highest BCUT2D eigenvalue weighted by Crippen LogP contribution is 2.29. The van der Waals surface area contributed by atoms with Crippen molar-refractivity contribution >= 4 is 23.4 Å². The summed E-state index contributed by atoms with van der Waals surface area (Å²) in [6.07, 6.45) is 0. The number of hydrogen-bond donors (Lipinski definition) is 2. The van der Waals surface area contributed by atoms with Crippen LogP contribution in [0.15, 0.2) is 18.2 Å². The zero-order chi connectivity index (χ0) is 15.8. The van der Waals surface area contributed by atoms with Gasteiger partial charge in [-0.3, -0.25) is 19.7 Å². The number of para-hydroxylation sites is 1. The maximum Gasteiger partial charge on any atom is 0.259 e. The van der Waals surface area contributed by atoms with Crippen LogP contribution in [0.1, 0.15) is 24.2 Å². The summed E-state index contributed by atoms with van der Waals surface area (Å²) < 4.78 is 5.15. The highest BCUT2D eigenvalue weighted by atomic mass is 16.5. The summed E-state index contributed by atoms with van der Waals surface area (Å²) in [6.45, 7) is 2.95. The second kappa shape index (κ2) is 5.08. The molecule has 0 bridgehead atoms. The first-order valence-electron chi connectivity index (χ1n) is 6.37. The molecule has 7 heteroatoms. The van der Waals surface area contributed by atoms with Crippen LogP contribution in [0.2, 0.25) is 0 Å². The van der Waals surface area contributed by atoms with E-state index < -0.39 is 23.3 Å². The molecule has 1 heterocycles. The van der Waals surface area contributed by atoms with Crippen molar-refractivity contribution in [1.29, 1.82) is 0 Å².